The van der Waals surface area contributed by atoms with Crippen LogP contribution in [-0.4, -0.2) is 36.8 Å². The minimum Gasteiger partial charge on any atom is -0.492 e. The minimum atomic E-state index is 0.649. The number of aryl methyl sites for hydroxylation is 1. The summed E-state index contributed by atoms with van der Waals surface area (Å²) in [6.07, 6.45) is 2.66. The lowest BCUT2D eigenvalue weighted by molar-refractivity contribution is 0.199. The minimum absolute atomic E-state index is 0.649. The number of ether oxygens (including phenoxy) is 2. The molecule has 0 fully saturated rings. The summed E-state index contributed by atoms with van der Waals surface area (Å²) in [4.78, 5) is 9.88. The zero-order chi connectivity index (χ0) is 14.9. The van der Waals surface area contributed by atoms with Gasteiger partial charge in [-0.05, 0) is 19.1 Å². The average molecular weight is 307 g/mol. The van der Waals surface area contributed by atoms with E-state index in [4.69, 9.17) is 9.47 Å². The van der Waals surface area contributed by atoms with Gasteiger partial charge in [-0.2, -0.15) is 0 Å². The molecular weight excluding hydrogens is 286 g/mol. The molecule has 0 aromatic carbocycles. The van der Waals surface area contributed by atoms with Crippen LogP contribution in [0.1, 0.15) is 16.3 Å². The quantitative estimate of drug-likeness (QED) is 0.720. The highest BCUT2D eigenvalue weighted by Gasteiger charge is 2.02. The van der Waals surface area contributed by atoms with Crippen LogP contribution in [0, 0.1) is 6.92 Å². The molecule has 21 heavy (non-hydrogen) atoms. The Kier molecular flexibility index (Phi) is 6.59. The first kappa shape index (κ1) is 15.9. The molecule has 1 N–H and O–H groups in total. The SMILES string of the molecule is COCCNCc1ccc(OCCc2scnc2C)cn1. The Balaban J connectivity index is 1.71. The maximum Gasteiger partial charge on any atom is 0.137 e. The van der Waals surface area contributed by atoms with Crippen molar-refractivity contribution < 1.29 is 9.47 Å². The lowest BCUT2D eigenvalue weighted by Crippen LogP contribution is -2.19. The number of hydrogen-bond acceptors (Lipinski definition) is 6. The van der Waals surface area contributed by atoms with Gasteiger partial charge in [0.1, 0.15) is 5.75 Å². The van der Waals surface area contributed by atoms with Gasteiger partial charge in [0.15, 0.2) is 0 Å². The van der Waals surface area contributed by atoms with E-state index in [9.17, 15) is 0 Å². The number of rotatable bonds is 9. The highest BCUT2D eigenvalue weighted by Crippen LogP contribution is 2.14. The van der Waals surface area contributed by atoms with E-state index in [1.54, 1.807) is 24.6 Å². The highest BCUT2D eigenvalue weighted by atomic mass is 32.1. The lowest BCUT2D eigenvalue weighted by Gasteiger charge is -2.07. The fourth-order valence-corrected chi connectivity index (χ4v) is 2.58. The number of thiazole rings is 1. The van der Waals surface area contributed by atoms with Crippen LogP contribution in [0.15, 0.2) is 23.8 Å². The Morgan fingerprint density at radius 2 is 2.14 bits per heavy atom. The van der Waals surface area contributed by atoms with Crippen molar-refractivity contribution in [3.8, 4) is 5.75 Å². The van der Waals surface area contributed by atoms with Gasteiger partial charge in [-0.15, -0.1) is 11.3 Å². The van der Waals surface area contributed by atoms with Gasteiger partial charge in [-0.1, -0.05) is 0 Å². The molecule has 0 amide bonds. The molecule has 2 rings (SSSR count). The topological polar surface area (TPSA) is 56.3 Å². The summed E-state index contributed by atoms with van der Waals surface area (Å²) in [5.41, 5.74) is 3.97. The summed E-state index contributed by atoms with van der Waals surface area (Å²) >= 11 is 1.67. The van der Waals surface area contributed by atoms with Crippen LogP contribution in [0.4, 0.5) is 0 Å². The smallest absolute Gasteiger partial charge is 0.137 e. The number of aromatic nitrogens is 2. The largest absolute Gasteiger partial charge is 0.492 e. The molecule has 0 aliphatic heterocycles. The summed E-state index contributed by atoms with van der Waals surface area (Å²) in [6, 6.07) is 3.94. The standard InChI is InChI=1S/C15H21N3O2S/c1-12-15(21-11-18-12)5-7-20-14-4-3-13(17-10-14)9-16-6-8-19-2/h3-4,10-11,16H,5-9H2,1-2H3. The van der Waals surface area contributed by atoms with Crippen molar-refractivity contribution in [1.82, 2.24) is 15.3 Å². The summed E-state index contributed by atoms with van der Waals surface area (Å²) in [6.45, 7) is 4.95. The van der Waals surface area contributed by atoms with E-state index in [1.165, 1.54) is 4.88 Å². The molecule has 0 atom stereocenters. The van der Waals surface area contributed by atoms with Crippen LogP contribution in [-0.2, 0) is 17.7 Å². The first-order valence-electron chi connectivity index (χ1n) is 6.96. The van der Waals surface area contributed by atoms with Crippen molar-refractivity contribution in [2.75, 3.05) is 26.9 Å². The van der Waals surface area contributed by atoms with Gasteiger partial charge in [0.25, 0.3) is 0 Å². The second-order valence-electron chi connectivity index (χ2n) is 4.61. The Bertz CT molecular complexity index is 528. The van der Waals surface area contributed by atoms with Crippen LogP contribution in [0.25, 0.3) is 0 Å². The lowest BCUT2D eigenvalue weighted by atomic mass is 10.3. The van der Waals surface area contributed by atoms with Crippen molar-refractivity contribution >= 4 is 11.3 Å². The molecule has 0 bridgehead atoms. The van der Waals surface area contributed by atoms with Crippen molar-refractivity contribution in [1.29, 1.82) is 0 Å². The predicted molar refractivity (Wildman–Crippen MR) is 83.9 cm³/mol. The summed E-state index contributed by atoms with van der Waals surface area (Å²) in [5, 5.41) is 3.26. The first-order valence-corrected chi connectivity index (χ1v) is 7.84. The maximum absolute atomic E-state index is 5.71. The summed E-state index contributed by atoms with van der Waals surface area (Å²) < 4.78 is 10.7. The molecule has 0 saturated heterocycles. The van der Waals surface area contributed by atoms with Crippen molar-refractivity contribution in [3.05, 3.63) is 40.1 Å². The Morgan fingerprint density at radius 3 is 2.81 bits per heavy atom. The molecule has 0 aliphatic carbocycles. The van der Waals surface area contributed by atoms with Gasteiger partial charge in [-0.3, -0.25) is 4.98 Å². The molecule has 6 heteroatoms. The maximum atomic E-state index is 5.71. The Hall–Kier alpha value is -1.50. The molecule has 0 radical (unpaired) electrons. The van der Waals surface area contributed by atoms with Crippen LogP contribution in [0.3, 0.4) is 0 Å². The summed E-state index contributed by atoms with van der Waals surface area (Å²) in [7, 11) is 1.69. The molecule has 114 valence electrons. The fraction of sp³-hybridized carbons (Fsp3) is 0.467. The van der Waals surface area contributed by atoms with Gasteiger partial charge in [0.05, 0.1) is 36.3 Å². The Labute approximate surface area is 129 Å². The molecule has 5 nitrogen and oxygen atoms in total. The second-order valence-corrected chi connectivity index (χ2v) is 5.55. The van der Waals surface area contributed by atoms with Gasteiger partial charge in [0.2, 0.25) is 0 Å². The van der Waals surface area contributed by atoms with E-state index in [2.05, 4.69) is 15.3 Å². The van der Waals surface area contributed by atoms with Crippen LogP contribution in [0.2, 0.25) is 0 Å². The molecule has 0 saturated carbocycles. The van der Waals surface area contributed by atoms with E-state index in [-0.39, 0.29) is 0 Å². The molecule has 0 spiro atoms. The van der Waals surface area contributed by atoms with Crippen molar-refractivity contribution in [3.63, 3.8) is 0 Å². The van der Waals surface area contributed by atoms with Gasteiger partial charge >= 0.3 is 0 Å². The highest BCUT2D eigenvalue weighted by molar-refractivity contribution is 7.09. The summed E-state index contributed by atoms with van der Waals surface area (Å²) in [5.74, 6) is 0.804. The number of hydrogen-bond donors (Lipinski definition) is 1. The monoisotopic (exact) mass is 307 g/mol. The third kappa shape index (κ3) is 5.41. The van der Waals surface area contributed by atoms with E-state index in [0.29, 0.717) is 13.2 Å². The van der Waals surface area contributed by atoms with Crippen molar-refractivity contribution in [2.45, 2.75) is 19.9 Å². The van der Waals surface area contributed by atoms with E-state index in [0.717, 1.165) is 36.6 Å². The number of nitrogens with one attached hydrogen (secondary N) is 1. The van der Waals surface area contributed by atoms with E-state index < -0.39 is 0 Å². The zero-order valence-corrected chi connectivity index (χ0v) is 13.3. The number of methoxy groups -OCH3 is 1. The number of pyridine rings is 1. The molecule has 2 heterocycles. The molecule has 0 unspecified atom stereocenters. The third-order valence-electron chi connectivity index (χ3n) is 3.03. The van der Waals surface area contributed by atoms with Gasteiger partial charge in [-0.25, -0.2) is 4.98 Å². The molecule has 0 aliphatic rings. The first-order chi connectivity index (χ1) is 10.3. The van der Waals surface area contributed by atoms with E-state index in [1.807, 2.05) is 24.6 Å². The van der Waals surface area contributed by atoms with Crippen LogP contribution in [0.5, 0.6) is 5.75 Å². The number of nitrogens with zero attached hydrogens (tertiary/aromatic N) is 2. The predicted octanol–water partition coefficient (Wildman–Crippen LogP) is 2.20. The van der Waals surface area contributed by atoms with Gasteiger partial charge in [0, 0.05) is 31.5 Å². The fourth-order valence-electron chi connectivity index (χ4n) is 1.82. The van der Waals surface area contributed by atoms with Crippen molar-refractivity contribution in [2.24, 2.45) is 0 Å². The second kappa shape index (κ2) is 8.71. The third-order valence-corrected chi connectivity index (χ3v) is 4.02. The molecule has 2 aromatic rings. The zero-order valence-electron chi connectivity index (χ0n) is 12.5. The average Bonchev–Trinajstić information content (AvgIpc) is 2.91. The Morgan fingerprint density at radius 1 is 1.24 bits per heavy atom. The normalized spacial score (nSPS) is 10.8. The van der Waals surface area contributed by atoms with E-state index >= 15 is 0 Å². The van der Waals surface area contributed by atoms with Crippen LogP contribution >= 0.6 is 11.3 Å². The van der Waals surface area contributed by atoms with Crippen LogP contribution < -0.4 is 10.1 Å². The molecule has 2 aromatic heterocycles. The molecular formula is C15H21N3O2S. The van der Waals surface area contributed by atoms with Gasteiger partial charge < -0.3 is 14.8 Å².